The van der Waals surface area contributed by atoms with Crippen LogP contribution in [0.5, 0.6) is 0 Å². The Labute approximate surface area is 173 Å². The summed E-state index contributed by atoms with van der Waals surface area (Å²) in [6.45, 7) is 4.78. The summed E-state index contributed by atoms with van der Waals surface area (Å²) in [5, 5.41) is 3.18. The second-order valence-corrected chi connectivity index (χ2v) is 10.5. The number of sulfonamides is 1. The summed E-state index contributed by atoms with van der Waals surface area (Å²) >= 11 is 6.44. The van der Waals surface area contributed by atoms with E-state index in [0.29, 0.717) is 44.7 Å². The summed E-state index contributed by atoms with van der Waals surface area (Å²) in [4.78, 5) is 14.9. The predicted octanol–water partition coefficient (Wildman–Crippen LogP) is 2.30. The molecule has 2 aliphatic rings. The maximum atomic E-state index is 12.5. The highest BCUT2D eigenvalue weighted by atomic mass is 35.5. The highest BCUT2D eigenvalue weighted by Gasteiger charge is 2.45. The fourth-order valence-corrected chi connectivity index (χ4v) is 6.26. The second-order valence-electron chi connectivity index (χ2n) is 7.82. The zero-order valence-corrected chi connectivity index (χ0v) is 18.0. The lowest BCUT2D eigenvalue weighted by molar-refractivity contribution is 0.0542. The van der Waals surface area contributed by atoms with Crippen LogP contribution in [0.25, 0.3) is 0 Å². The molecule has 2 fully saturated rings. The van der Waals surface area contributed by atoms with Gasteiger partial charge in [-0.3, -0.25) is 9.69 Å². The number of amides is 1. The summed E-state index contributed by atoms with van der Waals surface area (Å²) < 4.78 is 26.3. The van der Waals surface area contributed by atoms with Gasteiger partial charge in [-0.25, -0.2) is 8.42 Å². The number of piperazine rings is 1. The third-order valence-corrected chi connectivity index (χ3v) is 8.35. The van der Waals surface area contributed by atoms with Crippen LogP contribution in [0, 0.1) is 0 Å². The van der Waals surface area contributed by atoms with Crippen LogP contribution in [0.2, 0.25) is 0 Å². The first-order valence-corrected chi connectivity index (χ1v) is 12.1. The number of carbonyl (C=O) groups is 1. The van der Waals surface area contributed by atoms with Crippen molar-refractivity contribution in [3.8, 4) is 0 Å². The number of nitrogens with one attached hydrogen (secondary N) is 1. The first-order chi connectivity index (χ1) is 13.4. The van der Waals surface area contributed by atoms with Crippen molar-refractivity contribution in [1.29, 1.82) is 0 Å². The fourth-order valence-electron chi connectivity index (χ4n) is 4.37. The zero-order chi connectivity index (χ0) is 20.2. The molecular formula is C20H30ClN3O3S. The van der Waals surface area contributed by atoms with Gasteiger partial charge in [0, 0.05) is 49.2 Å². The molecule has 6 nitrogen and oxygen atoms in total. The van der Waals surface area contributed by atoms with Gasteiger partial charge in [0.1, 0.15) is 0 Å². The molecular weight excluding hydrogens is 398 g/mol. The van der Waals surface area contributed by atoms with Crippen molar-refractivity contribution in [2.24, 2.45) is 0 Å². The van der Waals surface area contributed by atoms with Crippen molar-refractivity contribution < 1.29 is 13.2 Å². The lowest BCUT2D eigenvalue weighted by atomic mass is 9.93. The standard InChI is InChI=1S/C20H30ClN3O3S/c1-2-14-28(26,27)24-12-10-23(11-13-24)20(9-8-18(21)15-20)16-22-19(25)17-6-4-3-5-7-17/h3-7,18H,2,8-16H2,1H3,(H,22,25). The molecule has 1 aliphatic heterocycles. The minimum absolute atomic E-state index is 0.0813. The molecule has 1 saturated carbocycles. The Kier molecular flexibility index (Phi) is 7.02. The van der Waals surface area contributed by atoms with Crippen LogP contribution in [0.3, 0.4) is 0 Å². The summed E-state index contributed by atoms with van der Waals surface area (Å²) in [6.07, 6.45) is 3.27. The largest absolute Gasteiger partial charge is 0.350 e. The first-order valence-electron chi connectivity index (χ1n) is 10.1. The Bertz CT molecular complexity index is 766. The Balaban J connectivity index is 1.65. The van der Waals surface area contributed by atoms with Gasteiger partial charge < -0.3 is 5.32 Å². The molecule has 1 N–H and O–H groups in total. The quantitative estimate of drug-likeness (QED) is 0.678. The van der Waals surface area contributed by atoms with Gasteiger partial charge in [0.25, 0.3) is 5.91 Å². The lowest BCUT2D eigenvalue weighted by Crippen LogP contribution is -2.61. The third kappa shape index (κ3) is 4.87. The van der Waals surface area contributed by atoms with Crippen LogP contribution in [0.4, 0.5) is 0 Å². The molecule has 1 saturated heterocycles. The van der Waals surface area contributed by atoms with Crippen LogP contribution in [0.15, 0.2) is 30.3 Å². The summed E-state index contributed by atoms with van der Waals surface area (Å²) in [7, 11) is -3.16. The van der Waals surface area contributed by atoms with Gasteiger partial charge in [-0.2, -0.15) is 4.31 Å². The molecule has 1 amide bonds. The highest BCUT2D eigenvalue weighted by Crippen LogP contribution is 2.38. The molecule has 1 aliphatic carbocycles. The zero-order valence-electron chi connectivity index (χ0n) is 16.4. The number of carbonyl (C=O) groups excluding carboxylic acids is 1. The van der Waals surface area contributed by atoms with E-state index in [-0.39, 0.29) is 22.6 Å². The summed E-state index contributed by atoms with van der Waals surface area (Å²) in [5.74, 6) is 0.122. The molecule has 2 atom stereocenters. The van der Waals surface area contributed by atoms with E-state index in [9.17, 15) is 13.2 Å². The number of alkyl halides is 1. The van der Waals surface area contributed by atoms with Crippen molar-refractivity contribution in [2.75, 3.05) is 38.5 Å². The van der Waals surface area contributed by atoms with E-state index in [0.717, 1.165) is 19.3 Å². The lowest BCUT2D eigenvalue weighted by Gasteiger charge is -2.46. The van der Waals surface area contributed by atoms with Crippen molar-refractivity contribution in [3.05, 3.63) is 35.9 Å². The van der Waals surface area contributed by atoms with Crippen molar-refractivity contribution in [2.45, 2.75) is 43.5 Å². The van der Waals surface area contributed by atoms with Gasteiger partial charge in [0.15, 0.2) is 0 Å². The number of halogens is 1. The molecule has 1 heterocycles. The monoisotopic (exact) mass is 427 g/mol. The maximum Gasteiger partial charge on any atom is 0.251 e. The molecule has 156 valence electrons. The minimum Gasteiger partial charge on any atom is -0.350 e. The Morgan fingerprint density at radius 1 is 1.21 bits per heavy atom. The number of benzene rings is 1. The van der Waals surface area contributed by atoms with Gasteiger partial charge in [-0.1, -0.05) is 25.1 Å². The van der Waals surface area contributed by atoms with Gasteiger partial charge in [0.2, 0.25) is 10.0 Å². The molecule has 1 aromatic rings. The molecule has 28 heavy (non-hydrogen) atoms. The topological polar surface area (TPSA) is 69.7 Å². The van der Waals surface area contributed by atoms with Crippen LogP contribution >= 0.6 is 11.6 Å². The second kappa shape index (κ2) is 9.11. The predicted molar refractivity (Wildman–Crippen MR) is 112 cm³/mol. The third-order valence-electron chi connectivity index (χ3n) is 5.90. The molecule has 1 aromatic carbocycles. The van der Waals surface area contributed by atoms with Gasteiger partial charge in [-0.15, -0.1) is 11.6 Å². The maximum absolute atomic E-state index is 12.5. The number of rotatable bonds is 7. The van der Waals surface area contributed by atoms with Crippen molar-refractivity contribution >= 4 is 27.5 Å². The normalized spacial score (nSPS) is 27.0. The highest BCUT2D eigenvalue weighted by molar-refractivity contribution is 7.89. The summed E-state index contributed by atoms with van der Waals surface area (Å²) in [6, 6.07) is 9.20. The van der Waals surface area contributed by atoms with Crippen LogP contribution < -0.4 is 5.32 Å². The van der Waals surface area contributed by atoms with E-state index in [4.69, 9.17) is 11.6 Å². The average molecular weight is 428 g/mol. The number of hydrogen-bond donors (Lipinski definition) is 1. The van der Waals surface area contributed by atoms with E-state index < -0.39 is 10.0 Å². The molecule has 3 rings (SSSR count). The molecule has 8 heteroatoms. The average Bonchev–Trinajstić information content (AvgIpc) is 3.09. The molecule has 0 radical (unpaired) electrons. The van der Waals surface area contributed by atoms with Crippen LogP contribution in [-0.2, 0) is 10.0 Å². The van der Waals surface area contributed by atoms with E-state index in [1.165, 1.54) is 0 Å². The first kappa shape index (κ1) is 21.6. The van der Waals surface area contributed by atoms with Gasteiger partial charge in [0.05, 0.1) is 5.75 Å². The Morgan fingerprint density at radius 3 is 2.46 bits per heavy atom. The summed E-state index contributed by atoms with van der Waals surface area (Å²) in [5.41, 5.74) is 0.450. The molecule has 0 aromatic heterocycles. The van der Waals surface area contributed by atoms with Gasteiger partial charge in [-0.05, 0) is 37.8 Å². The van der Waals surface area contributed by atoms with E-state index in [1.54, 1.807) is 16.4 Å². The molecule has 0 spiro atoms. The van der Waals surface area contributed by atoms with Crippen LogP contribution in [-0.4, -0.2) is 72.9 Å². The van der Waals surface area contributed by atoms with Crippen molar-refractivity contribution in [1.82, 2.24) is 14.5 Å². The number of nitrogens with zero attached hydrogens (tertiary/aromatic N) is 2. The van der Waals surface area contributed by atoms with E-state index in [1.807, 2.05) is 25.1 Å². The molecule has 2 unspecified atom stereocenters. The number of hydrogen-bond acceptors (Lipinski definition) is 4. The SMILES string of the molecule is CCCS(=O)(=O)N1CCN(C2(CNC(=O)c3ccccc3)CCC(Cl)C2)CC1. The van der Waals surface area contributed by atoms with Crippen molar-refractivity contribution in [3.63, 3.8) is 0 Å². The van der Waals surface area contributed by atoms with E-state index >= 15 is 0 Å². The fraction of sp³-hybridized carbons (Fsp3) is 0.650. The minimum atomic E-state index is -3.16. The van der Waals surface area contributed by atoms with E-state index in [2.05, 4.69) is 10.2 Å². The Morgan fingerprint density at radius 2 is 1.89 bits per heavy atom. The smallest absolute Gasteiger partial charge is 0.251 e. The Hall–Kier alpha value is -1.15. The van der Waals surface area contributed by atoms with Gasteiger partial charge >= 0.3 is 0 Å². The molecule has 0 bridgehead atoms. The van der Waals surface area contributed by atoms with Crippen LogP contribution in [0.1, 0.15) is 43.0 Å².